The highest BCUT2D eigenvalue weighted by Crippen LogP contribution is 2.40. The molecule has 0 radical (unpaired) electrons. The summed E-state index contributed by atoms with van der Waals surface area (Å²) < 4.78 is 20.5. The number of esters is 2. The van der Waals surface area contributed by atoms with Gasteiger partial charge in [0, 0.05) is 0 Å². The van der Waals surface area contributed by atoms with Crippen LogP contribution < -0.4 is 9.47 Å². The van der Waals surface area contributed by atoms with Crippen molar-refractivity contribution in [1.82, 2.24) is 0 Å². The number of rotatable bonds is 4. The van der Waals surface area contributed by atoms with Crippen LogP contribution in [0.15, 0.2) is 12.1 Å². The summed E-state index contributed by atoms with van der Waals surface area (Å²) in [7, 11) is 1.23. The van der Waals surface area contributed by atoms with Crippen LogP contribution in [-0.4, -0.2) is 31.4 Å². The van der Waals surface area contributed by atoms with Crippen LogP contribution in [0, 0.1) is 5.92 Å². The van der Waals surface area contributed by atoms with Gasteiger partial charge in [0.2, 0.25) is 6.79 Å². The molecule has 2 rings (SSSR count). The van der Waals surface area contributed by atoms with Crippen LogP contribution in [0.25, 0.3) is 0 Å². The molecule has 1 aliphatic heterocycles. The van der Waals surface area contributed by atoms with Crippen LogP contribution in [0.5, 0.6) is 11.5 Å². The van der Waals surface area contributed by atoms with Gasteiger partial charge in [-0.3, -0.25) is 9.59 Å². The average molecular weight is 343 g/mol. The number of halogens is 1. The van der Waals surface area contributed by atoms with Gasteiger partial charge in [-0.05, 0) is 44.9 Å². The van der Waals surface area contributed by atoms with E-state index in [-0.39, 0.29) is 13.2 Å². The van der Waals surface area contributed by atoms with E-state index >= 15 is 0 Å². The lowest BCUT2D eigenvalue weighted by atomic mass is 9.98. The van der Waals surface area contributed by atoms with Crippen molar-refractivity contribution in [1.29, 1.82) is 0 Å². The maximum atomic E-state index is 12.3. The Morgan fingerprint density at radius 1 is 1.26 bits per heavy atom. The van der Waals surface area contributed by atoms with E-state index in [0.717, 1.165) is 0 Å². The maximum absolute atomic E-state index is 12.3. The normalized spacial score (nSPS) is 14.3. The first-order valence-corrected chi connectivity index (χ1v) is 7.48. The third-order valence-electron chi connectivity index (χ3n) is 3.10. The largest absolute Gasteiger partial charge is 0.468 e. The molecule has 23 heavy (non-hydrogen) atoms. The predicted octanol–water partition coefficient (Wildman–Crippen LogP) is 2.74. The number of carbonyl (C=O) groups is 2. The Kier molecular flexibility index (Phi) is 5.04. The molecule has 1 atom stereocenters. The molecule has 0 N–H and O–H groups in total. The zero-order valence-corrected chi connectivity index (χ0v) is 14.2. The number of hydrogen-bond donors (Lipinski definition) is 0. The molecule has 0 aromatic heterocycles. The maximum Gasteiger partial charge on any atom is 0.321 e. The van der Waals surface area contributed by atoms with E-state index in [1.807, 2.05) is 0 Å². The summed E-state index contributed by atoms with van der Waals surface area (Å²) in [5, 5.41) is 0.364. The Balaban J connectivity index is 2.23. The van der Waals surface area contributed by atoms with Crippen LogP contribution in [0.3, 0.4) is 0 Å². The van der Waals surface area contributed by atoms with Crippen molar-refractivity contribution < 1.29 is 28.5 Å². The lowest BCUT2D eigenvalue weighted by Crippen LogP contribution is -2.34. The van der Waals surface area contributed by atoms with E-state index in [1.54, 1.807) is 32.9 Å². The van der Waals surface area contributed by atoms with E-state index < -0.39 is 23.5 Å². The van der Waals surface area contributed by atoms with Crippen molar-refractivity contribution in [2.24, 2.45) is 5.92 Å². The first-order chi connectivity index (χ1) is 10.7. The molecular weight excluding hydrogens is 324 g/mol. The number of carbonyl (C=O) groups excluding carboxylic acids is 2. The lowest BCUT2D eigenvalue weighted by Gasteiger charge is -2.23. The molecule has 126 valence electrons. The Bertz CT molecular complexity index is 620. The summed E-state index contributed by atoms with van der Waals surface area (Å²) in [5.41, 5.74) is -0.0453. The average Bonchev–Trinajstić information content (AvgIpc) is 2.91. The van der Waals surface area contributed by atoms with Crippen LogP contribution in [0.1, 0.15) is 26.3 Å². The van der Waals surface area contributed by atoms with Crippen LogP contribution in [0.4, 0.5) is 0 Å². The highest BCUT2D eigenvalue weighted by atomic mass is 35.5. The molecule has 0 amide bonds. The Morgan fingerprint density at radius 3 is 2.57 bits per heavy atom. The fourth-order valence-electron chi connectivity index (χ4n) is 2.15. The Morgan fingerprint density at radius 2 is 1.96 bits per heavy atom. The number of benzene rings is 1. The van der Waals surface area contributed by atoms with Crippen molar-refractivity contribution in [3.8, 4) is 11.5 Å². The van der Waals surface area contributed by atoms with Crippen molar-refractivity contribution in [3.63, 3.8) is 0 Å². The van der Waals surface area contributed by atoms with E-state index in [4.69, 9.17) is 30.5 Å². The number of hydrogen-bond acceptors (Lipinski definition) is 6. The molecule has 1 aromatic rings. The quantitative estimate of drug-likeness (QED) is 0.619. The molecule has 1 aliphatic rings. The first kappa shape index (κ1) is 17.4. The molecule has 0 spiro atoms. The van der Waals surface area contributed by atoms with Gasteiger partial charge in [-0.2, -0.15) is 0 Å². The molecule has 0 fully saturated rings. The zero-order valence-electron chi connectivity index (χ0n) is 13.5. The summed E-state index contributed by atoms with van der Waals surface area (Å²) >= 11 is 6.12. The SMILES string of the molecule is COC(=O)[C@H](Cc1cc(Cl)c2c(c1)OCO2)C(=O)OC(C)(C)C. The smallest absolute Gasteiger partial charge is 0.321 e. The molecule has 1 aromatic carbocycles. The number of ether oxygens (including phenoxy) is 4. The third-order valence-corrected chi connectivity index (χ3v) is 3.38. The Hall–Kier alpha value is -1.95. The van der Waals surface area contributed by atoms with E-state index in [1.165, 1.54) is 7.11 Å². The minimum atomic E-state index is -1.07. The highest BCUT2D eigenvalue weighted by molar-refractivity contribution is 6.32. The Labute approximate surface area is 139 Å². The fourth-order valence-corrected chi connectivity index (χ4v) is 2.44. The van der Waals surface area contributed by atoms with Gasteiger partial charge >= 0.3 is 11.9 Å². The third kappa shape index (κ3) is 4.28. The minimum Gasteiger partial charge on any atom is -0.468 e. The van der Waals surface area contributed by atoms with Crippen LogP contribution in [0.2, 0.25) is 5.02 Å². The summed E-state index contributed by atoms with van der Waals surface area (Å²) in [5.74, 6) is -1.43. The van der Waals surface area contributed by atoms with E-state index in [0.29, 0.717) is 22.1 Å². The van der Waals surface area contributed by atoms with Gasteiger partial charge in [0.05, 0.1) is 12.1 Å². The van der Waals surface area contributed by atoms with Gasteiger partial charge in [-0.25, -0.2) is 0 Å². The molecule has 0 bridgehead atoms. The number of fused-ring (bicyclic) bond motifs is 1. The van der Waals surface area contributed by atoms with Crippen molar-refractivity contribution >= 4 is 23.5 Å². The molecule has 7 heteroatoms. The molecule has 0 unspecified atom stereocenters. The monoisotopic (exact) mass is 342 g/mol. The molecule has 1 heterocycles. The summed E-state index contributed by atoms with van der Waals surface area (Å²) in [4.78, 5) is 24.2. The van der Waals surface area contributed by atoms with Crippen LogP contribution >= 0.6 is 11.6 Å². The van der Waals surface area contributed by atoms with Gasteiger partial charge < -0.3 is 18.9 Å². The van der Waals surface area contributed by atoms with Crippen LogP contribution in [-0.2, 0) is 25.5 Å². The van der Waals surface area contributed by atoms with Crippen molar-refractivity contribution in [2.75, 3.05) is 13.9 Å². The minimum absolute atomic E-state index is 0.0883. The topological polar surface area (TPSA) is 71.1 Å². The number of methoxy groups -OCH3 is 1. The van der Waals surface area contributed by atoms with Gasteiger partial charge in [-0.15, -0.1) is 0 Å². The summed E-state index contributed by atoms with van der Waals surface area (Å²) in [6.45, 7) is 5.29. The zero-order chi connectivity index (χ0) is 17.2. The van der Waals surface area contributed by atoms with Gasteiger partial charge in [0.15, 0.2) is 17.4 Å². The van der Waals surface area contributed by atoms with Crippen molar-refractivity contribution in [2.45, 2.75) is 32.8 Å². The van der Waals surface area contributed by atoms with Crippen molar-refractivity contribution in [3.05, 3.63) is 22.7 Å². The van der Waals surface area contributed by atoms with E-state index in [9.17, 15) is 9.59 Å². The van der Waals surface area contributed by atoms with Gasteiger partial charge in [0.1, 0.15) is 5.60 Å². The lowest BCUT2D eigenvalue weighted by molar-refractivity contribution is -0.168. The molecule has 6 nitrogen and oxygen atoms in total. The second kappa shape index (κ2) is 6.66. The van der Waals surface area contributed by atoms with E-state index in [2.05, 4.69) is 0 Å². The molecule has 0 saturated heterocycles. The standard InChI is InChI=1S/C16H19ClO6/c1-16(2,3)23-15(19)10(14(18)20-4)5-9-6-11(17)13-12(7-9)21-8-22-13/h6-7,10H,5,8H2,1-4H3/t10-/m0/s1. The predicted molar refractivity (Wildman–Crippen MR) is 82.6 cm³/mol. The van der Waals surface area contributed by atoms with Gasteiger partial charge in [0.25, 0.3) is 0 Å². The molecule has 0 saturated carbocycles. The summed E-state index contributed by atoms with van der Waals surface area (Å²) in [6, 6.07) is 3.32. The van der Waals surface area contributed by atoms with Gasteiger partial charge in [-0.1, -0.05) is 11.6 Å². The summed E-state index contributed by atoms with van der Waals surface area (Å²) in [6.07, 6.45) is 0.0952. The molecular formula is C16H19ClO6. The fraction of sp³-hybridized carbons (Fsp3) is 0.500. The highest BCUT2D eigenvalue weighted by Gasteiger charge is 2.33. The second-order valence-electron chi connectivity index (χ2n) is 6.12. The first-order valence-electron chi connectivity index (χ1n) is 7.10. The second-order valence-corrected chi connectivity index (χ2v) is 6.53. The molecule has 0 aliphatic carbocycles.